The molecule has 0 aliphatic carbocycles. The highest BCUT2D eigenvalue weighted by molar-refractivity contribution is 6.04. The summed E-state index contributed by atoms with van der Waals surface area (Å²) in [5, 5.41) is 0. The predicted octanol–water partition coefficient (Wildman–Crippen LogP) is -1.37. The Bertz CT molecular complexity index is 44.9. The Balaban J connectivity index is 2.85. The summed E-state index contributed by atoms with van der Waals surface area (Å²) >= 11 is 0. The van der Waals surface area contributed by atoms with E-state index >= 15 is 0 Å². The van der Waals surface area contributed by atoms with Crippen molar-refractivity contribution in [2.75, 3.05) is 0 Å². The van der Waals surface area contributed by atoms with Gasteiger partial charge in [-0.1, -0.05) is 0 Å². The van der Waals surface area contributed by atoms with E-state index in [2.05, 4.69) is 10.4 Å². The number of rotatable bonds is 0. The Kier molecular flexibility index (Phi) is 1.42. The second kappa shape index (κ2) is 1.63. The Morgan fingerprint density at radius 1 is 2.00 bits per heavy atom. The van der Waals surface area contributed by atoms with Gasteiger partial charge in [-0.15, -0.1) is 0 Å². The van der Waals surface area contributed by atoms with Crippen molar-refractivity contribution in [3.8, 4) is 0 Å². The Hall–Kier alpha value is -0.665. The van der Waals surface area contributed by atoms with Crippen LogP contribution < -0.4 is 5.73 Å². The standard InChI is InChI=1S/CH4BNO2/c2-5-1(3)4/h2H2,(H2,3,4). The lowest BCUT2D eigenvalue weighted by atomic mass is 10.6. The molecule has 0 unspecified atom stereocenters. The van der Waals surface area contributed by atoms with Crippen LogP contribution in [0.25, 0.3) is 0 Å². The molecule has 0 aromatic carbocycles. The van der Waals surface area contributed by atoms with Gasteiger partial charge in [0.2, 0.25) is 0 Å². The second-order valence-electron chi connectivity index (χ2n) is 0.523. The summed E-state index contributed by atoms with van der Waals surface area (Å²) < 4.78 is 3.89. The van der Waals surface area contributed by atoms with Gasteiger partial charge < -0.3 is 10.4 Å². The van der Waals surface area contributed by atoms with Gasteiger partial charge in [0.05, 0.1) is 0 Å². The van der Waals surface area contributed by atoms with Crippen LogP contribution in [0.1, 0.15) is 0 Å². The summed E-state index contributed by atoms with van der Waals surface area (Å²) in [6.07, 6.45) is -0.745. The number of primary amides is 1. The minimum absolute atomic E-state index is 0.745. The summed E-state index contributed by atoms with van der Waals surface area (Å²) in [5.41, 5.74) is 4.43. The summed E-state index contributed by atoms with van der Waals surface area (Å²) in [6.45, 7) is 0. The van der Waals surface area contributed by atoms with E-state index in [9.17, 15) is 4.79 Å². The van der Waals surface area contributed by atoms with E-state index in [-0.39, 0.29) is 0 Å². The minimum atomic E-state index is -0.745. The number of hydrogen-bond acceptors (Lipinski definition) is 2. The quantitative estimate of drug-likeness (QED) is 0.359. The first-order valence-electron chi connectivity index (χ1n) is 1.11. The molecule has 0 spiro atoms. The molecular weight excluding hydrogens is 68.8 g/mol. The van der Waals surface area contributed by atoms with Gasteiger partial charge in [-0.05, 0) is 0 Å². The molecule has 0 fully saturated rings. The molecule has 1 amide bonds. The Morgan fingerprint density at radius 2 is 2.20 bits per heavy atom. The van der Waals surface area contributed by atoms with E-state index in [0.717, 1.165) is 0 Å². The molecule has 5 heavy (non-hydrogen) atoms. The van der Waals surface area contributed by atoms with Crippen molar-refractivity contribution >= 4 is 14.1 Å². The molecule has 0 aromatic rings. The molecule has 0 aliphatic rings. The maximum absolute atomic E-state index is 9.37. The van der Waals surface area contributed by atoms with Crippen LogP contribution in [-0.4, -0.2) is 14.1 Å². The third-order valence-corrected chi connectivity index (χ3v) is 0.201. The fraction of sp³-hybridized carbons (Fsp3) is 0. The van der Waals surface area contributed by atoms with E-state index in [1.165, 1.54) is 8.05 Å². The van der Waals surface area contributed by atoms with Crippen molar-refractivity contribution < 1.29 is 9.45 Å². The topological polar surface area (TPSA) is 52.3 Å². The molecule has 3 nitrogen and oxygen atoms in total. The smallest absolute Gasteiger partial charge is 0.386 e. The van der Waals surface area contributed by atoms with Gasteiger partial charge in [-0.25, -0.2) is 4.79 Å². The Morgan fingerprint density at radius 3 is 2.20 bits per heavy atom. The van der Waals surface area contributed by atoms with Crippen LogP contribution in [0.5, 0.6) is 0 Å². The Labute approximate surface area is 30.5 Å². The lowest BCUT2D eigenvalue weighted by molar-refractivity contribution is 0.215. The number of carbonyl (C=O) groups excluding carboxylic acids is 1. The van der Waals surface area contributed by atoms with E-state index in [1.807, 2.05) is 0 Å². The average Bonchev–Trinajstić information content (AvgIpc) is 1.38. The minimum Gasteiger partial charge on any atom is -0.528 e. The highest BCUT2D eigenvalue weighted by Crippen LogP contribution is 1.53. The number of nitrogens with two attached hydrogens (primary N) is 1. The lowest BCUT2D eigenvalue weighted by Gasteiger charge is -1.82. The molecule has 0 aliphatic heterocycles. The monoisotopic (exact) mass is 73.0 g/mol. The predicted molar refractivity (Wildman–Crippen MR) is 19.2 cm³/mol. The van der Waals surface area contributed by atoms with Crippen LogP contribution in [0, 0.1) is 0 Å². The first-order chi connectivity index (χ1) is 2.27. The fourth-order valence-electron chi connectivity index (χ4n) is 0. The van der Waals surface area contributed by atoms with Gasteiger partial charge >= 0.3 is 14.1 Å². The molecule has 0 rings (SSSR count). The zero-order valence-electron chi connectivity index (χ0n) is 2.89. The lowest BCUT2D eigenvalue weighted by Crippen LogP contribution is -2.09. The van der Waals surface area contributed by atoms with E-state index in [1.54, 1.807) is 0 Å². The van der Waals surface area contributed by atoms with Crippen LogP contribution in [0.15, 0.2) is 0 Å². The normalized spacial score (nSPS) is 6.40. The van der Waals surface area contributed by atoms with Crippen LogP contribution in [0.3, 0.4) is 0 Å². The molecule has 28 valence electrons. The van der Waals surface area contributed by atoms with Gasteiger partial charge in [0, 0.05) is 0 Å². The van der Waals surface area contributed by atoms with Crippen molar-refractivity contribution in [3.63, 3.8) is 0 Å². The molecular formula is CH4BNO2. The van der Waals surface area contributed by atoms with Crippen molar-refractivity contribution in [3.05, 3.63) is 0 Å². The summed E-state index contributed by atoms with van der Waals surface area (Å²) in [7, 11) is 1.22. The molecule has 2 N–H and O–H groups in total. The van der Waals surface area contributed by atoms with Crippen LogP contribution in [0.2, 0.25) is 0 Å². The molecule has 0 atom stereocenters. The molecule has 0 heterocycles. The van der Waals surface area contributed by atoms with Crippen molar-refractivity contribution in [2.24, 2.45) is 5.73 Å². The summed E-state index contributed by atoms with van der Waals surface area (Å²) in [4.78, 5) is 9.37. The molecule has 0 saturated heterocycles. The van der Waals surface area contributed by atoms with Gasteiger partial charge in [0.25, 0.3) is 0 Å². The molecule has 0 radical (unpaired) electrons. The molecule has 4 heteroatoms. The first kappa shape index (κ1) is 4.33. The van der Waals surface area contributed by atoms with Crippen LogP contribution >= 0.6 is 0 Å². The van der Waals surface area contributed by atoms with Crippen molar-refractivity contribution in [1.29, 1.82) is 0 Å². The maximum Gasteiger partial charge on any atom is 0.386 e. The van der Waals surface area contributed by atoms with E-state index in [0.29, 0.717) is 0 Å². The van der Waals surface area contributed by atoms with Crippen LogP contribution in [-0.2, 0) is 4.65 Å². The summed E-state index contributed by atoms with van der Waals surface area (Å²) in [5.74, 6) is 0. The van der Waals surface area contributed by atoms with E-state index < -0.39 is 6.09 Å². The number of amides is 1. The van der Waals surface area contributed by atoms with Gasteiger partial charge in [-0.3, -0.25) is 0 Å². The van der Waals surface area contributed by atoms with Gasteiger partial charge in [0.1, 0.15) is 0 Å². The first-order valence-corrected chi connectivity index (χ1v) is 1.11. The highest BCUT2D eigenvalue weighted by atomic mass is 16.5. The summed E-state index contributed by atoms with van der Waals surface area (Å²) in [6, 6.07) is 0. The van der Waals surface area contributed by atoms with Gasteiger partial charge in [-0.2, -0.15) is 0 Å². The van der Waals surface area contributed by atoms with Crippen molar-refractivity contribution in [2.45, 2.75) is 0 Å². The van der Waals surface area contributed by atoms with E-state index in [4.69, 9.17) is 0 Å². The average molecular weight is 72.9 g/mol. The van der Waals surface area contributed by atoms with Gasteiger partial charge in [0.15, 0.2) is 0 Å². The third kappa shape index (κ3) is 3.33. The van der Waals surface area contributed by atoms with Crippen molar-refractivity contribution in [1.82, 2.24) is 0 Å². The second-order valence-corrected chi connectivity index (χ2v) is 0.523. The zero-order chi connectivity index (χ0) is 4.28. The maximum atomic E-state index is 9.37. The number of carbonyl (C=O) groups is 1. The largest absolute Gasteiger partial charge is 0.528 e. The van der Waals surface area contributed by atoms with Crippen LogP contribution in [0.4, 0.5) is 4.79 Å². The molecule has 0 bridgehead atoms. The fourth-order valence-corrected chi connectivity index (χ4v) is 0. The SMILES string of the molecule is BOC(N)=O. The number of hydrogen-bond donors (Lipinski definition) is 1. The zero-order valence-corrected chi connectivity index (χ0v) is 2.89. The third-order valence-electron chi connectivity index (χ3n) is 0.201. The molecule has 0 aromatic heterocycles. The molecule has 0 saturated carbocycles. The highest BCUT2D eigenvalue weighted by Gasteiger charge is 1.75.